The van der Waals surface area contributed by atoms with Gasteiger partial charge in [0, 0.05) is 9.50 Å². The summed E-state index contributed by atoms with van der Waals surface area (Å²) in [4.78, 5) is 0. The monoisotopic (exact) mass is 338 g/mol. The molecule has 19 heavy (non-hydrogen) atoms. The van der Waals surface area contributed by atoms with Gasteiger partial charge in [0.1, 0.15) is 0 Å². The van der Waals surface area contributed by atoms with E-state index in [1.165, 1.54) is 11.1 Å². The molecule has 0 aliphatic heterocycles. The lowest BCUT2D eigenvalue weighted by Crippen LogP contribution is -2.29. The lowest BCUT2D eigenvalue weighted by Gasteiger charge is -2.18. The van der Waals surface area contributed by atoms with E-state index in [1.807, 2.05) is 18.2 Å². The van der Waals surface area contributed by atoms with Gasteiger partial charge >= 0.3 is 0 Å². The standard InChI is InChI=1S/C15H16BrClN2/c1-9-3-4-11(5-10(9)2)15(19-18)12-6-13(16)8-14(17)7-12/h3-8,15,19H,18H2,1-2H3. The Morgan fingerprint density at radius 1 is 1.05 bits per heavy atom. The van der Waals surface area contributed by atoms with Crippen molar-refractivity contribution in [1.82, 2.24) is 5.43 Å². The Morgan fingerprint density at radius 3 is 2.37 bits per heavy atom. The highest BCUT2D eigenvalue weighted by Crippen LogP contribution is 2.28. The molecule has 0 aromatic heterocycles. The van der Waals surface area contributed by atoms with Gasteiger partial charge in [-0.3, -0.25) is 5.84 Å². The Balaban J connectivity index is 2.46. The van der Waals surface area contributed by atoms with E-state index >= 15 is 0 Å². The predicted molar refractivity (Wildman–Crippen MR) is 84.2 cm³/mol. The maximum absolute atomic E-state index is 6.10. The summed E-state index contributed by atoms with van der Waals surface area (Å²) >= 11 is 9.55. The van der Waals surface area contributed by atoms with E-state index in [9.17, 15) is 0 Å². The van der Waals surface area contributed by atoms with Crippen molar-refractivity contribution in [1.29, 1.82) is 0 Å². The molecule has 0 spiro atoms. The Kier molecular flexibility index (Phi) is 4.63. The molecule has 0 saturated heterocycles. The molecule has 2 rings (SSSR count). The molecule has 0 bridgehead atoms. The number of hydrogen-bond acceptors (Lipinski definition) is 2. The number of rotatable bonds is 3. The molecule has 0 radical (unpaired) electrons. The van der Waals surface area contributed by atoms with Crippen LogP contribution in [0.15, 0.2) is 40.9 Å². The van der Waals surface area contributed by atoms with Crippen molar-refractivity contribution in [2.45, 2.75) is 19.9 Å². The van der Waals surface area contributed by atoms with Crippen LogP contribution in [0.2, 0.25) is 5.02 Å². The molecule has 0 fully saturated rings. The summed E-state index contributed by atoms with van der Waals surface area (Å²) in [5.41, 5.74) is 7.53. The lowest BCUT2D eigenvalue weighted by atomic mass is 9.96. The second-order valence-electron chi connectivity index (χ2n) is 4.65. The largest absolute Gasteiger partial charge is 0.271 e. The minimum Gasteiger partial charge on any atom is -0.271 e. The average Bonchev–Trinajstić information content (AvgIpc) is 2.33. The molecule has 0 aliphatic carbocycles. The molecule has 100 valence electrons. The van der Waals surface area contributed by atoms with Crippen LogP contribution in [0.1, 0.15) is 28.3 Å². The van der Waals surface area contributed by atoms with E-state index in [4.69, 9.17) is 17.4 Å². The van der Waals surface area contributed by atoms with Gasteiger partial charge in [-0.25, -0.2) is 5.43 Å². The molecular weight excluding hydrogens is 324 g/mol. The van der Waals surface area contributed by atoms with Gasteiger partial charge in [0.25, 0.3) is 0 Å². The van der Waals surface area contributed by atoms with Gasteiger partial charge in [0.05, 0.1) is 6.04 Å². The minimum absolute atomic E-state index is 0.0747. The van der Waals surface area contributed by atoms with E-state index in [-0.39, 0.29) is 6.04 Å². The Morgan fingerprint density at radius 2 is 1.79 bits per heavy atom. The molecule has 0 amide bonds. The van der Waals surface area contributed by atoms with Gasteiger partial charge in [-0.2, -0.15) is 0 Å². The van der Waals surface area contributed by atoms with Crippen LogP contribution < -0.4 is 11.3 Å². The predicted octanol–water partition coefficient (Wildman–Crippen LogP) is 4.27. The van der Waals surface area contributed by atoms with Gasteiger partial charge < -0.3 is 0 Å². The first-order chi connectivity index (χ1) is 9.01. The summed E-state index contributed by atoms with van der Waals surface area (Å²) in [6, 6.07) is 12.1. The molecule has 3 N–H and O–H groups in total. The van der Waals surface area contributed by atoms with Crippen molar-refractivity contribution < 1.29 is 0 Å². The van der Waals surface area contributed by atoms with E-state index in [1.54, 1.807) is 0 Å². The van der Waals surface area contributed by atoms with E-state index in [0.29, 0.717) is 5.02 Å². The fraction of sp³-hybridized carbons (Fsp3) is 0.200. The molecule has 4 heteroatoms. The minimum atomic E-state index is -0.0747. The summed E-state index contributed by atoms with van der Waals surface area (Å²) in [5.74, 6) is 5.72. The molecule has 2 aromatic carbocycles. The van der Waals surface area contributed by atoms with Crippen LogP contribution in [-0.4, -0.2) is 0 Å². The zero-order valence-electron chi connectivity index (χ0n) is 10.9. The molecule has 0 aliphatic rings. The third-order valence-electron chi connectivity index (χ3n) is 3.25. The molecule has 0 heterocycles. The lowest BCUT2D eigenvalue weighted by molar-refractivity contribution is 0.636. The van der Waals surface area contributed by atoms with E-state index < -0.39 is 0 Å². The molecule has 1 atom stereocenters. The van der Waals surface area contributed by atoms with Crippen molar-refractivity contribution in [3.63, 3.8) is 0 Å². The van der Waals surface area contributed by atoms with Gasteiger partial charge in [0.15, 0.2) is 0 Å². The highest BCUT2D eigenvalue weighted by Gasteiger charge is 2.14. The summed E-state index contributed by atoms with van der Waals surface area (Å²) in [6.07, 6.45) is 0. The Bertz CT molecular complexity index is 578. The first kappa shape index (κ1) is 14.5. The molecule has 0 saturated carbocycles. The third-order valence-corrected chi connectivity index (χ3v) is 3.93. The Hall–Kier alpha value is -0.870. The smallest absolute Gasteiger partial charge is 0.0711 e. The summed E-state index contributed by atoms with van der Waals surface area (Å²) in [7, 11) is 0. The first-order valence-corrected chi connectivity index (χ1v) is 7.17. The molecule has 2 nitrogen and oxygen atoms in total. The normalized spacial score (nSPS) is 12.5. The van der Waals surface area contributed by atoms with Crippen LogP contribution >= 0.6 is 27.5 Å². The second-order valence-corrected chi connectivity index (χ2v) is 6.00. The zero-order chi connectivity index (χ0) is 14.0. The van der Waals surface area contributed by atoms with Crippen molar-refractivity contribution >= 4 is 27.5 Å². The van der Waals surface area contributed by atoms with Crippen LogP contribution in [0.25, 0.3) is 0 Å². The first-order valence-electron chi connectivity index (χ1n) is 6.00. The SMILES string of the molecule is Cc1ccc(C(NN)c2cc(Cl)cc(Br)c2)cc1C. The van der Waals surface area contributed by atoms with Crippen molar-refractivity contribution in [3.05, 3.63) is 68.1 Å². The average molecular weight is 340 g/mol. The van der Waals surface area contributed by atoms with Crippen LogP contribution in [-0.2, 0) is 0 Å². The number of nitrogens with two attached hydrogens (primary N) is 1. The van der Waals surface area contributed by atoms with E-state index in [0.717, 1.165) is 15.6 Å². The van der Waals surface area contributed by atoms with Gasteiger partial charge in [-0.1, -0.05) is 45.7 Å². The van der Waals surface area contributed by atoms with Crippen LogP contribution in [0, 0.1) is 13.8 Å². The quantitative estimate of drug-likeness (QED) is 0.647. The van der Waals surface area contributed by atoms with Crippen molar-refractivity contribution in [3.8, 4) is 0 Å². The topological polar surface area (TPSA) is 38.0 Å². The highest BCUT2D eigenvalue weighted by molar-refractivity contribution is 9.10. The summed E-state index contributed by atoms with van der Waals surface area (Å²) in [5, 5.41) is 0.688. The molecule has 1 unspecified atom stereocenters. The number of hydrazine groups is 1. The van der Waals surface area contributed by atoms with Crippen LogP contribution in [0.3, 0.4) is 0 Å². The number of benzene rings is 2. The maximum atomic E-state index is 6.10. The number of aryl methyl sites for hydroxylation is 2. The fourth-order valence-corrected chi connectivity index (χ4v) is 2.96. The van der Waals surface area contributed by atoms with Crippen molar-refractivity contribution in [2.24, 2.45) is 5.84 Å². The summed E-state index contributed by atoms with van der Waals surface area (Å²) in [6.45, 7) is 4.19. The van der Waals surface area contributed by atoms with Crippen LogP contribution in [0.5, 0.6) is 0 Å². The number of hydrogen-bond donors (Lipinski definition) is 2. The van der Waals surface area contributed by atoms with E-state index in [2.05, 4.69) is 53.4 Å². The van der Waals surface area contributed by atoms with Gasteiger partial charge in [-0.15, -0.1) is 0 Å². The maximum Gasteiger partial charge on any atom is 0.0711 e. The second kappa shape index (κ2) is 6.06. The van der Waals surface area contributed by atoms with Crippen molar-refractivity contribution in [2.75, 3.05) is 0 Å². The number of nitrogens with one attached hydrogen (secondary N) is 1. The van der Waals surface area contributed by atoms with Gasteiger partial charge in [0.2, 0.25) is 0 Å². The fourth-order valence-electron chi connectivity index (χ4n) is 2.07. The third kappa shape index (κ3) is 3.37. The van der Waals surface area contributed by atoms with Gasteiger partial charge in [-0.05, 0) is 54.3 Å². The summed E-state index contributed by atoms with van der Waals surface area (Å²) < 4.78 is 0.944. The Labute approximate surface area is 127 Å². The van der Waals surface area contributed by atoms with Crippen LogP contribution in [0.4, 0.5) is 0 Å². The number of halogens is 2. The zero-order valence-corrected chi connectivity index (χ0v) is 13.2. The molecular formula is C15H16BrClN2. The molecule has 2 aromatic rings. The highest BCUT2D eigenvalue weighted by atomic mass is 79.9.